The minimum atomic E-state index is -0.212. The molecule has 0 saturated heterocycles. The molecule has 0 bridgehead atoms. The van der Waals surface area contributed by atoms with Crippen LogP contribution >= 0.6 is 0 Å². The highest BCUT2D eigenvalue weighted by atomic mass is 16.5. The number of carbonyl (C=O) groups is 1. The van der Waals surface area contributed by atoms with Crippen molar-refractivity contribution in [3.8, 4) is 11.4 Å². The molecular weight excluding hydrogens is 462 g/mol. The second kappa shape index (κ2) is 12.2. The van der Waals surface area contributed by atoms with Gasteiger partial charge in [0.25, 0.3) is 0 Å². The van der Waals surface area contributed by atoms with Gasteiger partial charge in [-0.1, -0.05) is 60.7 Å². The van der Waals surface area contributed by atoms with Crippen molar-refractivity contribution in [1.29, 1.82) is 0 Å². The van der Waals surface area contributed by atoms with Crippen LogP contribution in [0.25, 0.3) is 11.8 Å². The van der Waals surface area contributed by atoms with Crippen molar-refractivity contribution < 1.29 is 14.6 Å². The Kier molecular flexibility index (Phi) is 8.54. The highest BCUT2D eigenvalue weighted by Gasteiger charge is 2.17. The Morgan fingerprint density at radius 1 is 1.11 bits per heavy atom. The summed E-state index contributed by atoms with van der Waals surface area (Å²) < 4.78 is 7.59. The van der Waals surface area contributed by atoms with Crippen LogP contribution in [0, 0.1) is 6.92 Å². The quantitative estimate of drug-likeness (QED) is 0.296. The summed E-state index contributed by atoms with van der Waals surface area (Å²) in [7, 11) is 1.64. The van der Waals surface area contributed by atoms with E-state index in [-0.39, 0.29) is 18.6 Å². The molecule has 0 aliphatic rings. The largest absolute Gasteiger partial charge is 0.495 e. The molecule has 0 unspecified atom stereocenters. The van der Waals surface area contributed by atoms with E-state index in [1.807, 2.05) is 103 Å². The van der Waals surface area contributed by atoms with Crippen LogP contribution < -0.4 is 10.1 Å². The van der Waals surface area contributed by atoms with Crippen LogP contribution in [0.3, 0.4) is 0 Å². The zero-order valence-electron chi connectivity index (χ0n) is 21.5. The molecule has 190 valence electrons. The number of nitrogens with one attached hydrogen (secondary N) is 1. The molecule has 1 heterocycles. The first kappa shape index (κ1) is 25.9. The number of hydrogen-bond donors (Lipinski definition) is 2. The van der Waals surface area contributed by atoms with E-state index < -0.39 is 0 Å². The van der Waals surface area contributed by atoms with E-state index in [1.54, 1.807) is 13.4 Å². The second-order valence-electron chi connectivity index (χ2n) is 9.05. The van der Waals surface area contributed by atoms with Crippen molar-refractivity contribution >= 4 is 12.0 Å². The lowest BCUT2D eigenvalue weighted by Crippen LogP contribution is -2.29. The van der Waals surface area contributed by atoms with Gasteiger partial charge in [0.15, 0.2) is 0 Å². The second-order valence-corrected chi connectivity index (χ2v) is 9.05. The zero-order valence-corrected chi connectivity index (χ0v) is 21.5. The lowest BCUT2D eigenvalue weighted by atomic mass is 9.97. The molecule has 6 heteroatoms. The van der Waals surface area contributed by atoms with Gasteiger partial charge in [-0.15, -0.1) is 0 Å². The van der Waals surface area contributed by atoms with E-state index in [0.717, 1.165) is 33.6 Å². The van der Waals surface area contributed by atoms with Crippen molar-refractivity contribution in [3.05, 3.63) is 119 Å². The van der Waals surface area contributed by atoms with Gasteiger partial charge in [-0.3, -0.25) is 4.79 Å². The molecule has 1 aromatic heterocycles. The van der Waals surface area contributed by atoms with Crippen LogP contribution in [0.5, 0.6) is 5.75 Å². The van der Waals surface area contributed by atoms with Gasteiger partial charge in [-0.05, 0) is 60.7 Å². The lowest BCUT2D eigenvalue weighted by molar-refractivity contribution is -0.118. The summed E-state index contributed by atoms with van der Waals surface area (Å²) in [5, 5.41) is 12.6. The maximum absolute atomic E-state index is 13.6. The average molecular weight is 496 g/mol. The van der Waals surface area contributed by atoms with Crippen molar-refractivity contribution in [2.24, 2.45) is 0 Å². The van der Waals surface area contributed by atoms with Crippen LogP contribution in [0.15, 0.2) is 90.9 Å². The average Bonchev–Trinajstić information content (AvgIpc) is 3.35. The standard InChI is InChI=1S/C31H33N3O3/c1-22-20-34(21-32-22)29-14-13-25(19-30(29)37-3)18-27(17-24-9-5-4-6-10-24)31(36)33-23(2)28-12-8-7-11-26(28)15-16-35/h4-14,18-21,23,35H,15-17H2,1-3H3,(H,33,36)/b27-18+/t23-/m0/s1. The number of nitrogens with zero attached hydrogens (tertiary/aromatic N) is 2. The number of rotatable bonds is 10. The lowest BCUT2D eigenvalue weighted by Gasteiger charge is -2.19. The van der Waals surface area contributed by atoms with Gasteiger partial charge in [0.05, 0.1) is 30.9 Å². The Hall–Kier alpha value is -4.16. The van der Waals surface area contributed by atoms with Crippen molar-refractivity contribution in [2.75, 3.05) is 13.7 Å². The Balaban J connectivity index is 1.65. The predicted octanol–water partition coefficient (Wildman–Crippen LogP) is 5.23. The molecule has 37 heavy (non-hydrogen) atoms. The fourth-order valence-electron chi connectivity index (χ4n) is 4.44. The Morgan fingerprint density at radius 2 is 1.86 bits per heavy atom. The molecule has 0 aliphatic heterocycles. The van der Waals surface area contributed by atoms with E-state index in [2.05, 4.69) is 10.3 Å². The maximum Gasteiger partial charge on any atom is 0.248 e. The van der Waals surface area contributed by atoms with Crippen LogP contribution in [0.4, 0.5) is 0 Å². The summed E-state index contributed by atoms with van der Waals surface area (Å²) >= 11 is 0. The summed E-state index contributed by atoms with van der Waals surface area (Å²) in [6.45, 7) is 3.98. The van der Waals surface area contributed by atoms with Gasteiger partial charge in [0, 0.05) is 24.8 Å². The topological polar surface area (TPSA) is 76.4 Å². The minimum absolute atomic E-state index is 0.0628. The predicted molar refractivity (Wildman–Crippen MR) is 147 cm³/mol. The summed E-state index contributed by atoms with van der Waals surface area (Å²) in [4.78, 5) is 17.9. The van der Waals surface area contributed by atoms with Crippen LogP contribution in [-0.2, 0) is 17.6 Å². The third-order valence-electron chi connectivity index (χ3n) is 6.31. The van der Waals surface area contributed by atoms with Crippen LogP contribution in [0.1, 0.15) is 40.9 Å². The molecule has 2 N–H and O–H groups in total. The molecule has 1 amide bonds. The van der Waals surface area contributed by atoms with Crippen molar-refractivity contribution in [1.82, 2.24) is 14.9 Å². The summed E-state index contributed by atoms with van der Waals surface area (Å²) in [5.41, 5.74) is 6.39. The Labute approximate surface area is 218 Å². The van der Waals surface area contributed by atoms with Gasteiger partial charge < -0.3 is 19.7 Å². The van der Waals surface area contributed by atoms with E-state index >= 15 is 0 Å². The first-order chi connectivity index (χ1) is 18.0. The molecule has 6 nitrogen and oxygen atoms in total. The summed E-state index contributed by atoms with van der Waals surface area (Å²) in [6.07, 6.45) is 6.65. The number of carbonyl (C=O) groups excluding carboxylic acids is 1. The first-order valence-electron chi connectivity index (χ1n) is 12.4. The number of ether oxygens (including phenoxy) is 1. The maximum atomic E-state index is 13.6. The molecule has 0 aliphatic carbocycles. The van der Waals surface area contributed by atoms with Crippen molar-refractivity contribution in [2.45, 2.75) is 32.7 Å². The van der Waals surface area contributed by atoms with E-state index in [1.165, 1.54) is 0 Å². The van der Waals surface area contributed by atoms with E-state index in [4.69, 9.17) is 4.74 Å². The fourth-order valence-corrected chi connectivity index (χ4v) is 4.44. The number of aliphatic hydroxyl groups is 1. The Morgan fingerprint density at radius 3 is 2.57 bits per heavy atom. The van der Waals surface area contributed by atoms with Gasteiger partial charge in [-0.25, -0.2) is 4.98 Å². The third-order valence-corrected chi connectivity index (χ3v) is 6.31. The van der Waals surface area contributed by atoms with Gasteiger partial charge in [0.1, 0.15) is 5.75 Å². The van der Waals surface area contributed by atoms with E-state index in [0.29, 0.717) is 24.2 Å². The third kappa shape index (κ3) is 6.54. The van der Waals surface area contributed by atoms with E-state index in [9.17, 15) is 9.90 Å². The number of methoxy groups -OCH3 is 1. The molecule has 4 rings (SSSR count). The number of aryl methyl sites for hydroxylation is 1. The molecule has 0 radical (unpaired) electrons. The monoisotopic (exact) mass is 495 g/mol. The molecule has 0 saturated carbocycles. The number of imidazole rings is 1. The smallest absolute Gasteiger partial charge is 0.248 e. The molecule has 0 fully saturated rings. The van der Waals surface area contributed by atoms with Crippen molar-refractivity contribution in [3.63, 3.8) is 0 Å². The van der Waals surface area contributed by atoms with Gasteiger partial charge in [-0.2, -0.15) is 0 Å². The molecule has 0 spiro atoms. The Bertz CT molecular complexity index is 1380. The molecule has 4 aromatic rings. The molecule has 3 aromatic carbocycles. The highest BCUT2D eigenvalue weighted by Crippen LogP contribution is 2.27. The molecule has 1 atom stereocenters. The summed E-state index contributed by atoms with van der Waals surface area (Å²) in [6, 6.07) is 23.5. The fraction of sp³-hybridized carbons (Fsp3) is 0.226. The van der Waals surface area contributed by atoms with Crippen LogP contribution in [0.2, 0.25) is 0 Å². The SMILES string of the molecule is COc1cc(/C=C(\Cc2ccccc2)C(=O)N[C@@H](C)c2ccccc2CCO)ccc1-n1cnc(C)c1. The number of aromatic nitrogens is 2. The highest BCUT2D eigenvalue weighted by molar-refractivity contribution is 5.98. The van der Waals surface area contributed by atoms with Gasteiger partial charge >= 0.3 is 0 Å². The summed E-state index contributed by atoms with van der Waals surface area (Å²) in [5.74, 6) is 0.556. The number of benzene rings is 3. The van der Waals surface area contributed by atoms with Gasteiger partial charge in [0.2, 0.25) is 5.91 Å². The first-order valence-corrected chi connectivity index (χ1v) is 12.4. The molecular formula is C31H33N3O3. The number of aliphatic hydroxyl groups excluding tert-OH is 1. The number of amides is 1. The normalized spacial score (nSPS) is 12.3. The minimum Gasteiger partial charge on any atom is -0.495 e. The zero-order chi connectivity index (χ0) is 26.2. The van der Waals surface area contributed by atoms with Crippen LogP contribution in [-0.4, -0.2) is 34.3 Å². The number of hydrogen-bond acceptors (Lipinski definition) is 4.